The zero-order valence-electron chi connectivity index (χ0n) is 11.8. The Morgan fingerprint density at radius 1 is 1.21 bits per heavy atom. The number of benzene rings is 1. The largest absolute Gasteiger partial charge is 0.242 e. The lowest BCUT2D eigenvalue weighted by Gasteiger charge is -2.20. The van der Waals surface area contributed by atoms with Crippen LogP contribution in [0.5, 0.6) is 0 Å². The van der Waals surface area contributed by atoms with Gasteiger partial charge in [-0.3, -0.25) is 0 Å². The zero-order valence-corrected chi connectivity index (χ0v) is 12.7. The predicted octanol–water partition coefficient (Wildman–Crippen LogP) is 2.52. The normalized spacial score (nSPS) is 12.4. The third-order valence-corrected chi connectivity index (χ3v) is 4.84. The van der Waals surface area contributed by atoms with Gasteiger partial charge in [0.05, 0.1) is 11.0 Å². The maximum Gasteiger partial charge on any atom is 0.242 e. The van der Waals surface area contributed by atoms with Crippen molar-refractivity contribution in [2.45, 2.75) is 37.5 Å². The van der Waals surface area contributed by atoms with E-state index in [9.17, 15) is 8.42 Å². The third kappa shape index (κ3) is 3.79. The molecule has 0 saturated carbocycles. The topological polar surface area (TPSA) is 61.2 Å². The Morgan fingerprint density at radius 3 is 2.16 bits per heavy atom. The van der Waals surface area contributed by atoms with Gasteiger partial charge >= 0.3 is 0 Å². The van der Waals surface area contributed by atoms with Gasteiger partial charge in [-0.05, 0) is 23.1 Å². The number of nitriles is 1. The van der Waals surface area contributed by atoms with Crippen molar-refractivity contribution in [2.75, 3.05) is 13.6 Å². The first-order valence-electron chi connectivity index (χ1n) is 6.13. The minimum atomic E-state index is -3.49. The first-order valence-corrected chi connectivity index (χ1v) is 7.57. The van der Waals surface area contributed by atoms with E-state index in [-0.39, 0.29) is 23.3 Å². The van der Waals surface area contributed by atoms with Crippen molar-refractivity contribution in [2.24, 2.45) is 0 Å². The van der Waals surface area contributed by atoms with Crippen LogP contribution in [0.2, 0.25) is 0 Å². The van der Waals surface area contributed by atoms with Crippen molar-refractivity contribution < 1.29 is 8.42 Å². The highest BCUT2D eigenvalue weighted by atomic mass is 32.2. The van der Waals surface area contributed by atoms with Gasteiger partial charge in [-0.25, -0.2) is 8.42 Å². The first kappa shape index (κ1) is 15.7. The molecule has 0 radical (unpaired) electrons. The maximum atomic E-state index is 12.2. The summed E-state index contributed by atoms with van der Waals surface area (Å²) in [4.78, 5) is 0.265. The second kappa shape index (κ2) is 5.72. The van der Waals surface area contributed by atoms with E-state index in [0.29, 0.717) is 0 Å². The Bertz CT molecular complexity index is 563. The summed E-state index contributed by atoms with van der Waals surface area (Å²) in [6.45, 7) is 6.44. The van der Waals surface area contributed by atoms with E-state index >= 15 is 0 Å². The van der Waals surface area contributed by atoms with Gasteiger partial charge in [-0.15, -0.1) is 0 Å². The van der Waals surface area contributed by atoms with Crippen LogP contribution in [0.4, 0.5) is 0 Å². The molecule has 0 saturated heterocycles. The molecule has 0 N–H and O–H groups in total. The van der Waals surface area contributed by atoms with E-state index in [1.165, 1.54) is 11.4 Å². The highest BCUT2D eigenvalue weighted by molar-refractivity contribution is 7.89. The number of nitrogens with zero attached hydrogens (tertiary/aromatic N) is 2. The van der Waals surface area contributed by atoms with E-state index in [0.717, 1.165) is 5.56 Å². The standard InChI is InChI=1S/C14H20N2O2S/c1-14(2,3)12-6-8-13(9-7-12)19(17,18)16(4)11-5-10-15/h6-9H,5,11H2,1-4H3. The summed E-state index contributed by atoms with van der Waals surface area (Å²) in [5, 5.41) is 8.51. The molecule has 0 bridgehead atoms. The summed E-state index contributed by atoms with van der Waals surface area (Å²) in [7, 11) is -2.00. The highest BCUT2D eigenvalue weighted by Crippen LogP contribution is 2.24. The summed E-state index contributed by atoms with van der Waals surface area (Å²) in [6, 6.07) is 8.87. The second-order valence-electron chi connectivity index (χ2n) is 5.51. The van der Waals surface area contributed by atoms with E-state index < -0.39 is 10.0 Å². The Labute approximate surface area is 115 Å². The number of rotatable bonds is 4. The minimum absolute atomic E-state index is 0.00496. The van der Waals surface area contributed by atoms with Gasteiger partial charge < -0.3 is 0 Å². The summed E-state index contributed by atoms with van der Waals surface area (Å²) < 4.78 is 25.6. The van der Waals surface area contributed by atoms with E-state index in [4.69, 9.17) is 5.26 Å². The van der Waals surface area contributed by atoms with Crippen molar-refractivity contribution in [3.63, 3.8) is 0 Å². The van der Waals surface area contributed by atoms with Gasteiger partial charge in [0.1, 0.15) is 0 Å². The first-order chi connectivity index (χ1) is 8.69. The molecule has 0 fully saturated rings. The monoisotopic (exact) mass is 280 g/mol. The van der Waals surface area contributed by atoms with Crippen LogP contribution in [0.1, 0.15) is 32.8 Å². The van der Waals surface area contributed by atoms with Gasteiger partial charge in [0.25, 0.3) is 0 Å². The smallest absolute Gasteiger partial charge is 0.207 e. The molecule has 0 aliphatic heterocycles. The van der Waals surface area contributed by atoms with Crippen LogP contribution in [0.3, 0.4) is 0 Å². The van der Waals surface area contributed by atoms with Gasteiger partial charge in [0, 0.05) is 20.0 Å². The summed E-state index contributed by atoms with van der Waals surface area (Å²) >= 11 is 0. The average Bonchev–Trinajstić information content (AvgIpc) is 2.35. The molecule has 0 unspecified atom stereocenters. The molecule has 4 nitrogen and oxygen atoms in total. The molecule has 1 aromatic rings. The lowest BCUT2D eigenvalue weighted by Crippen LogP contribution is -2.27. The molecule has 0 spiro atoms. The average molecular weight is 280 g/mol. The third-order valence-electron chi connectivity index (χ3n) is 2.97. The summed E-state index contributed by atoms with van der Waals surface area (Å²) in [5.41, 5.74) is 1.08. The molecule has 5 heteroatoms. The maximum absolute atomic E-state index is 12.2. The highest BCUT2D eigenvalue weighted by Gasteiger charge is 2.21. The zero-order chi connectivity index (χ0) is 14.7. The van der Waals surface area contributed by atoms with E-state index in [1.54, 1.807) is 12.1 Å². The molecular formula is C14H20N2O2S. The number of hydrogen-bond donors (Lipinski definition) is 0. The summed E-state index contributed by atoms with van der Waals surface area (Å²) in [5.74, 6) is 0. The molecule has 104 valence electrons. The van der Waals surface area contributed by atoms with Crippen LogP contribution >= 0.6 is 0 Å². The molecular weight excluding hydrogens is 260 g/mol. The lowest BCUT2D eigenvalue weighted by molar-refractivity contribution is 0.476. The summed E-state index contributed by atoms with van der Waals surface area (Å²) in [6.07, 6.45) is 0.190. The van der Waals surface area contributed by atoms with Gasteiger partial charge in [-0.2, -0.15) is 9.57 Å². The van der Waals surface area contributed by atoms with Crippen molar-refractivity contribution >= 4 is 10.0 Å². The fourth-order valence-electron chi connectivity index (χ4n) is 1.63. The van der Waals surface area contributed by atoms with Crippen LogP contribution in [0, 0.1) is 11.3 Å². The molecule has 0 aromatic heterocycles. The van der Waals surface area contributed by atoms with Gasteiger partial charge in [0.15, 0.2) is 0 Å². The quantitative estimate of drug-likeness (QED) is 0.851. The van der Waals surface area contributed by atoms with E-state index in [2.05, 4.69) is 20.8 Å². The fourth-order valence-corrected chi connectivity index (χ4v) is 2.81. The Kier molecular flexibility index (Phi) is 4.72. The van der Waals surface area contributed by atoms with Crippen LogP contribution < -0.4 is 0 Å². The molecule has 0 atom stereocenters. The molecule has 1 aromatic carbocycles. The lowest BCUT2D eigenvalue weighted by atomic mass is 9.87. The van der Waals surface area contributed by atoms with Gasteiger partial charge in [0.2, 0.25) is 10.0 Å². The van der Waals surface area contributed by atoms with Crippen molar-refractivity contribution in [1.82, 2.24) is 4.31 Å². The predicted molar refractivity (Wildman–Crippen MR) is 75.2 cm³/mol. The van der Waals surface area contributed by atoms with Crippen molar-refractivity contribution in [1.29, 1.82) is 5.26 Å². The van der Waals surface area contributed by atoms with Crippen LogP contribution in [-0.2, 0) is 15.4 Å². The van der Waals surface area contributed by atoms with E-state index in [1.807, 2.05) is 18.2 Å². The molecule has 0 amide bonds. The number of hydrogen-bond acceptors (Lipinski definition) is 3. The number of sulfonamides is 1. The Morgan fingerprint density at radius 2 is 1.74 bits per heavy atom. The van der Waals surface area contributed by atoms with Crippen molar-refractivity contribution in [3.05, 3.63) is 29.8 Å². The molecule has 0 heterocycles. The Hall–Kier alpha value is -1.38. The van der Waals surface area contributed by atoms with Crippen LogP contribution in [0.15, 0.2) is 29.2 Å². The molecule has 0 aliphatic rings. The molecule has 1 rings (SSSR count). The molecule has 19 heavy (non-hydrogen) atoms. The van der Waals surface area contributed by atoms with Crippen molar-refractivity contribution in [3.8, 4) is 6.07 Å². The molecule has 0 aliphatic carbocycles. The minimum Gasteiger partial charge on any atom is -0.207 e. The second-order valence-corrected chi connectivity index (χ2v) is 7.55. The van der Waals surface area contributed by atoms with Crippen LogP contribution in [0.25, 0.3) is 0 Å². The fraction of sp³-hybridized carbons (Fsp3) is 0.500. The SMILES string of the molecule is CN(CCC#N)S(=O)(=O)c1ccc(C(C)(C)C)cc1. The van der Waals surface area contributed by atoms with Gasteiger partial charge in [-0.1, -0.05) is 32.9 Å². The van der Waals surface area contributed by atoms with Crippen LogP contribution in [-0.4, -0.2) is 26.3 Å². The Balaban J connectivity index is 3.01.